The number of hydrogen-bond acceptors (Lipinski definition) is 3. The molecular formula is C27H42Cl2O3. The van der Waals surface area contributed by atoms with E-state index in [1.165, 1.54) is 51.4 Å². The Hall–Kier alpha value is -0.740. The fourth-order valence-corrected chi connectivity index (χ4v) is 4.61. The first-order valence-corrected chi connectivity index (χ1v) is 13.6. The molecule has 0 amide bonds. The van der Waals surface area contributed by atoms with Crippen molar-refractivity contribution < 1.29 is 14.2 Å². The van der Waals surface area contributed by atoms with Crippen molar-refractivity contribution in [3.05, 3.63) is 41.5 Å². The highest BCUT2D eigenvalue weighted by Gasteiger charge is 2.38. The molecule has 5 heteroatoms. The van der Waals surface area contributed by atoms with Crippen molar-refractivity contribution in [1.82, 2.24) is 0 Å². The van der Waals surface area contributed by atoms with E-state index in [0.717, 1.165) is 60.9 Å². The lowest BCUT2D eigenvalue weighted by atomic mass is 9.90. The number of unbranched alkanes of at least 4 members (excludes halogenated alkanes) is 10. The molecule has 0 heterocycles. The fraction of sp³-hybridized carbons (Fsp3) is 0.704. The van der Waals surface area contributed by atoms with E-state index in [4.69, 9.17) is 37.4 Å². The molecule has 0 fully saturated rings. The smallest absolute Gasteiger partial charge is 0.198 e. The Morgan fingerprint density at radius 2 is 1.31 bits per heavy atom. The van der Waals surface area contributed by atoms with Crippen LogP contribution in [0.1, 0.15) is 94.6 Å². The summed E-state index contributed by atoms with van der Waals surface area (Å²) in [6, 6.07) is 8.33. The van der Waals surface area contributed by atoms with Crippen LogP contribution in [0.15, 0.2) is 30.3 Å². The van der Waals surface area contributed by atoms with E-state index >= 15 is 0 Å². The van der Waals surface area contributed by atoms with Gasteiger partial charge in [0, 0.05) is 36.4 Å². The van der Waals surface area contributed by atoms with Crippen LogP contribution in [-0.4, -0.2) is 32.1 Å². The van der Waals surface area contributed by atoms with Gasteiger partial charge in [0.05, 0.1) is 13.2 Å². The summed E-state index contributed by atoms with van der Waals surface area (Å²) in [5, 5.41) is 0. The molecule has 1 aromatic carbocycles. The first-order chi connectivity index (χ1) is 15.8. The van der Waals surface area contributed by atoms with Crippen molar-refractivity contribution in [2.24, 2.45) is 0 Å². The van der Waals surface area contributed by atoms with Crippen LogP contribution in [0.4, 0.5) is 0 Å². The molecule has 0 aromatic heterocycles. The molecule has 182 valence electrons. The molecule has 0 N–H and O–H groups in total. The maximum Gasteiger partial charge on any atom is 0.198 e. The quantitative estimate of drug-likeness (QED) is 0.112. The number of halogens is 2. The molecular weight excluding hydrogens is 443 g/mol. The third-order valence-corrected chi connectivity index (χ3v) is 6.67. The Kier molecular flexibility index (Phi) is 14.4. The molecule has 1 aromatic rings. The molecule has 2 rings (SSSR count). The molecule has 0 radical (unpaired) electrons. The monoisotopic (exact) mass is 484 g/mol. The van der Waals surface area contributed by atoms with E-state index in [-0.39, 0.29) is 0 Å². The highest BCUT2D eigenvalue weighted by atomic mass is 35.5. The second kappa shape index (κ2) is 16.8. The van der Waals surface area contributed by atoms with Crippen molar-refractivity contribution in [2.75, 3.05) is 32.1 Å². The van der Waals surface area contributed by atoms with Crippen LogP contribution in [-0.2, 0) is 20.0 Å². The first-order valence-electron chi connectivity index (χ1n) is 12.5. The summed E-state index contributed by atoms with van der Waals surface area (Å²) >= 11 is 11.5. The average Bonchev–Trinajstić information content (AvgIpc) is 2.83. The van der Waals surface area contributed by atoms with Crippen LogP contribution in [0.3, 0.4) is 0 Å². The molecule has 0 aliphatic heterocycles. The molecule has 0 saturated carbocycles. The third-order valence-electron chi connectivity index (χ3n) is 6.14. The minimum Gasteiger partial charge on any atom is -0.493 e. The van der Waals surface area contributed by atoms with Gasteiger partial charge in [-0.1, -0.05) is 75.6 Å². The van der Waals surface area contributed by atoms with Gasteiger partial charge in [0.15, 0.2) is 5.79 Å². The zero-order valence-corrected chi connectivity index (χ0v) is 21.4. The summed E-state index contributed by atoms with van der Waals surface area (Å²) in [5.74, 6) is 1.79. The van der Waals surface area contributed by atoms with Crippen LogP contribution < -0.4 is 0 Å². The van der Waals surface area contributed by atoms with Gasteiger partial charge >= 0.3 is 0 Å². The van der Waals surface area contributed by atoms with Crippen LogP contribution in [0, 0.1) is 0 Å². The third kappa shape index (κ3) is 9.25. The summed E-state index contributed by atoms with van der Waals surface area (Å²) in [6.45, 7) is 1.45. The Balaban J connectivity index is 1.80. The Morgan fingerprint density at radius 1 is 0.750 bits per heavy atom. The zero-order valence-electron chi connectivity index (χ0n) is 19.9. The second-order valence-corrected chi connectivity index (χ2v) is 9.35. The van der Waals surface area contributed by atoms with Gasteiger partial charge in [0.25, 0.3) is 0 Å². The Morgan fingerprint density at radius 3 is 1.94 bits per heavy atom. The summed E-state index contributed by atoms with van der Waals surface area (Å²) in [7, 11) is 1.74. The predicted octanol–water partition coefficient (Wildman–Crippen LogP) is 8.42. The summed E-state index contributed by atoms with van der Waals surface area (Å²) in [6.07, 6.45) is 17.0. The summed E-state index contributed by atoms with van der Waals surface area (Å²) in [5.41, 5.74) is 2.16. The zero-order chi connectivity index (χ0) is 22.9. The van der Waals surface area contributed by atoms with E-state index in [9.17, 15) is 0 Å². The van der Waals surface area contributed by atoms with Gasteiger partial charge in [0.2, 0.25) is 0 Å². The molecule has 1 aliphatic rings. The average molecular weight is 486 g/mol. The van der Waals surface area contributed by atoms with E-state index in [1.54, 1.807) is 7.11 Å². The summed E-state index contributed by atoms with van der Waals surface area (Å²) in [4.78, 5) is 0. The number of benzene rings is 1. The molecule has 1 aliphatic carbocycles. The maximum atomic E-state index is 6.36. The minimum absolute atomic E-state index is 0.671. The molecule has 3 nitrogen and oxygen atoms in total. The van der Waals surface area contributed by atoms with Crippen LogP contribution in [0.5, 0.6) is 0 Å². The molecule has 1 atom stereocenters. The number of alkyl halides is 2. The number of fused-ring (bicyclic) bond motifs is 1. The van der Waals surface area contributed by atoms with E-state index in [1.807, 2.05) is 0 Å². The van der Waals surface area contributed by atoms with Gasteiger partial charge in [-0.15, -0.1) is 23.2 Å². The lowest BCUT2D eigenvalue weighted by Crippen LogP contribution is -2.35. The van der Waals surface area contributed by atoms with Gasteiger partial charge in [-0.05, 0) is 31.8 Å². The lowest BCUT2D eigenvalue weighted by Gasteiger charge is -2.36. The van der Waals surface area contributed by atoms with E-state index < -0.39 is 5.79 Å². The molecule has 0 bridgehead atoms. The van der Waals surface area contributed by atoms with E-state index in [2.05, 4.69) is 30.3 Å². The van der Waals surface area contributed by atoms with Crippen molar-refractivity contribution in [1.29, 1.82) is 0 Å². The van der Waals surface area contributed by atoms with Crippen LogP contribution in [0.25, 0.3) is 5.76 Å². The van der Waals surface area contributed by atoms with Crippen LogP contribution in [0.2, 0.25) is 0 Å². The standard InChI is InChI=1S/C27H42Cl2O3/c1-30-27(32-23-15-9-5-3-7-13-21-29)19-18-26(24-16-10-11-17-25(24)27)31-22-14-8-4-2-6-12-20-28/h10-11,16-18H,2-9,12-15,19-23H2,1H3. The van der Waals surface area contributed by atoms with Crippen molar-refractivity contribution in [3.63, 3.8) is 0 Å². The highest BCUT2D eigenvalue weighted by Crippen LogP contribution is 2.41. The Bertz CT molecular complexity index is 650. The van der Waals surface area contributed by atoms with Crippen molar-refractivity contribution >= 4 is 29.0 Å². The molecule has 0 spiro atoms. The van der Waals surface area contributed by atoms with Crippen molar-refractivity contribution in [3.8, 4) is 0 Å². The highest BCUT2D eigenvalue weighted by molar-refractivity contribution is 6.18. The number of ether oxygens (including phenoxy) is 3. The summed E-state index contributed by atoms with van der Waals surface area (Å²) < 4.78 is 18.5. The fourth-order valence-electron chi connectivity index (χ4n) is 4.23. The number of hydrogen-bond donors (Lipinski definition) is 0. The predicted molar refractivity (Wildman–Crippen MR) is 136 cm³/mol. The van der Waals surface area contributed by atoms with Crippen molar-refractivity contribution in [2.45, 2.75) is 89.3 Å². The van der Waals surface area contributed by atoms with Gasteiger partial charge in [-0.3, -0.25) is 0 Å². The van der Waals surface area contributed by atoms with E-state index in [0.29, 0.717) is 13.0 Å². The maximum absolute atomic E-state index is 6.36. The molecule has 32 heavy (non-hydrogen) atoms. The topological polar surface area (TPSA) is 27.7 Å². The molecule has 1 unspecified atom stereocenters. The lowest BCUT2D eigenvalue weighted by molar-refractivity contribution is -0.231. The SMILES string of the molecule is COC1(OCCCCCCCCCl)CC=C(OCCCCCCCCCl)c2ccccc21. The van der Waals surface area contributed by atoms with Crippen LogP contribution >= 0.6 is 23.2 Å². The van der Waals surface area contributed by atoms with Gasteiger partial charge in [-0.2, -0.15) is 0 Å². The van der Waals surface area contributed by atoms with Gasteiger partial charge in [-0.25, -0.2) is 0 Å². The Labute approximate surface area is 205 Å². The van der Waals surface area contributed by atoms with Gasteiger partial charge in [0.1, 0.15) is 5.76 Å². The minimum atomic E-state index is -0.718. The normalized spacial score (nSPS) is 17.8. The largest absolute Gasteiger partial charge is 0.493 e. The first kappa shape index (κ1) is 27.5. The van der Waals surface area contributed by atoms with Gasteiger partial charge < -0.3 is 14.2 Å². The number of methoxy groups -OCH3 is 1. The second-order valence-electron chi connectivity index (χ2n) is 8.59. The molecule has 0 saturated heterocycles. The number of rotatable bonds is 19.